The molecule has 0 saturated carbocycles. The summed E-state index contributed by atoms with van der Waals surface area (Å²) in [5.41, 5.74) is 0.563. The molecule has 0 aliphatic carbocycles. The van der Waals surface area contributed by atoms with Crippen LogP contribution in [0.25, 0.3) is 11.0 Å². The van der Waals surface area contributed by atoms with Crippen molar-refractivity contribution in [1.82, 2.24) is 9.21 Å². The molecule has 4 rings (SSSR count). The zero-order chi connectivity index (χ0) is 22.9. The molecule has 10 heteroatoms. The minimum Gasteiger partial charge on any atom is -0.482 e. The lowest BCUT2D eigenvalue weighted by atomic mass is 10.1. The molecule has 1 aliphatic rings. The Morgan fingerprint density at radius 1 is 1.09 bits per heavy atom. The lowest BCUT2D eigenvalue weighted by Gasteiger charge is -2.34. The minimum absolute atomic E-state index is 0.199. The number of carbonyl (C=O) groups is 1. The van der Waals surface area contributed by atoms with Crippen molar-refractivity contribution >= 4 is 38.5 Å². The van der Waals surface area contributed by atoms with Gasteiger partial charge in [-0.3, -0.25) is 4.79 Å². The Labute approximate surface area is 190 Å². The van der Waals surface area contributed by atoms with Crippen molar-refractivity contribution in [2.75, 3.05) is 32.8 Å². The fourth-order valence-electron chi connectivity index (χ4n) is 3.58. The Morgan fingerprint density at radius 2 is 1.78 bits per heavy atom. The standard InChI is InChI=1S/C22H21ClN2O6S/c1-15-11-22(27)31-19-13-20(18(23)12-17(15)19)30-14-21(26)24-7-9-25(10-8-24)32(28,29)16-5-3-2-4-6-16/h2-6,11-13H,7-10,14H2,1H3. The molecular formula is C22H21ClN2O6S. The zero-order valence-corrected chi connectivity index (χ0v) is 18.9. The third-order valence-electron chi connectivity index (χ3n) is 5.33. The Hall–Kier alpha value is -2.88. The second-order valence-electron chi connectivity index (χ2n) is 7.41. The van der Waals surface area contributed by atoms with Gasteiger partial charge in [0, 0.05) is 43.7 Å². The third-order valence-corrected chi connectivity index (χ3v) is 7.54. The number of carbonyl (C=O) groups excluding carboxylic acids is 1. The molecule has 0 unspecified atom stereocenters. The summed E-state index contributed by atoms with van der Waals surface area (Å²) in [4.78, 5) is 26.0. The molecule has 1 fully saturated rings. The lowest BCUT2D eigenvalue weighted by molar-refractivity contribution is -0.134. The van der Waals surface area contributed by atoms with E-state index in [-0.39, 0.29) is 49.3 Å². The average molecular weight is 477 g/mol. The van der Waals surface area contributed by atoms with E-state index in [1.54, 1.807) is 48.2 Å². The number of amides is 1. The van der Waals surface area contributed by atoms with Crippen molar-refractivity contribution in [2.24, 2.45) is 0 Å². The van der Waals surface area contributed by atoms with Crippen LogP contribution in [-0.4, -0.2) is 56.3 Å². The van der Waals surface area contributed by atoms with Gasteiger partial charge in [0.15, 0.2) is 6.61 Å². The molecule has 168 valence electrons. The second-order valence-corrected chi connectivity index (χ2v) is 9.76. The van der Waals surface area contributed by atoms with E-state index < -0.39 is 15.6 Å². The molecule has 2 aromatic carbocycles. The minimum atomic E-state index is -3.59. The molecule has 0 spiro atoms. The predicted molar refractivity (Wildman–Crippen MR) is 120 cm³/mol. The SMILES string of the molecule is Cc1cc(=O)oc2cc(OCC(=O)N3CCN(S(=O)(=O)c4ccccc4)CC3)c(Cl)cc12. The molecular weight excluding hydrogens is 456 g/mol. The van der Waals surface area contributed by atoms with Gasteiger partial charge in [-0.05, 0) is 30.7 Å². The summed E-state index contributed by atoms with van der Waals surface area (Å²) in [6.07, 6.45) is 0. The van der Waals surface area contributed by atoms with E-state index in [9.17, 15) is 18.0 Å². The van der Waals surface area contributed by atoms with Crippen LogP contribution >= 0.6 is 11.6 Å². The van der Waals surface area contributed by atoms with Crippen LogP contribution < -0.4 is 10.4 Å². The molecule has 32 heavy (non-hydrogen) atoms. The molecule has 0 radical (unpaired) electrons. The summed E-state index contributed by atoms with van der Waals surface area (Å²) in [6.45, 7) is 2.42. The molecule has 2 heterocycles. The van der Waals surface area contributed by atoms with Gasteiger partial charge < -0.3 is 14.1 Å². The second kappa shape index (κ2) is 8.93. The van der Waals surface area contributed by atoms with Crippen LogP contribution in [0.2, 0.25) is 5.02 Å². The largest absolute Gasteiger partial charge is 0.482 e. The van der Waals surface area contributed by atoms with Crippen molar-refractivity contribution in [3.8, 4) is 5.75 Å². The van der Waals surface area contributed by atoms with Crippen LogP contribution in [0, 0.1) is 6.92 Å². The number of nitrogens with zero attached hydrogens (tertiary/aromatic N) is 2. The van der Waals surface area contributed by atoms with Gasteiger partial charge in [0.1, 0.15) is 11.3 Å². The molecule has 0 N–H and O–H groups in total. The Morgan fingerprint density at radius 3 is 2.47 bits per heavy atom. The number of hydrogen-bond acceptors (Lipinski definition) is 6. The first-order valence-corrected chi connectivity index (χ1v) is 11.8. The number of ether oxygens (including phenoxy) is 1. The number of piperazine rings is 1. The maximum atomic E-state index is 12.7. The smallest absolute Gasteiger partial charge is 0.336 e. The number of rotatable bonds is 5. The van der Waals surface area contributed by atoms with Gasteiger partial charge in [0.05, 0.1) is 9.92 Å². The molecule has 3 aromatic rings. The van der Waals surface area contributed by atoms with Crippen molar-refractivity contribution in [2.45, 2.75) is 11.8 Å². The van der Waals surface area contributed by atoms with Crippen LogP contribution in [0.1, 0.15) is 5.56 Å². The maximum absolute atomic E-state index is 12.7. The van der Waals surface area contributed by atoms with E-state index in [1.165, 1.54) is 16.4 Å². The third kappa shape index (κ3) is 4.50. The fraction of sp³-hybridized carbons (Fsp3) is 0.273. The van der Waals surface area contributed by atoms with Crippen LogP contribution in [0.4, 0.5) is 0 Å². The van der Waals surface area contributed by atoms with Crippen molar-refractivity contribution in [1.29, 1.82) is 0 Å². The predicted octanol–water partition coefficient (Wildman–Crippen LogP) is 2.67. The quantitative estimate of drug-likeness (QED) is 0.525. The van der Waals surface area contributed by atoms with E-state index >= 15 is 0 Å². The van der Waals surface area contributed by atoms with Gasteiger partial charge in [-0.1, -0.05) is 29.8 Å². The van der Waals surface area contributed by atoms with E-state index in [1.807, 2.05) is 0 Å². The average Bonchev–Trinajstić information content (AvgIpc) is 2.78. The molecule has 8 nitrogen and oxygen atoms in total. The first-order chi connectivity index (χ1) is 15.3. The van der Waals surface area contributed by atoms with E-state index in [0.29, 0.717) is 16.0 Å². The Kier molecular flexibility index (Phi) is 6.23. The lowest BCUT2D eigenvalue weighted by Crippen LogP contribution is -2.51. The number of halogens is 1. The van der Waals surface area contributed by atoms with E-state index in [4.69, 9.17) is 20.8 Å². The summed E-state index contributed by atoms with van der Waals surface area (Å²) in [5, 5.41) is 0.977. The van der Waals surface area contributed by atoms with Crippen LogP contribution in [0.3, 0.4) is 0 Å². The van der Waals surface area contributed by atoms with Crippen molar-refractivity contribution in [3.05, 3.63) is 69.5 Å². The molecule has 0 atom stereocenters. The van der Waals surface area contributed by atoms with Gasteiger partial charge >= 0.3 is 5.63 Å². The molecule has 0 bridgehead atoms. The normalized spacial score (nSPS) is 15.1. The van der Waals surface area contributed by atoms with Crippen LogP contribution in [-0.2, 0) is 14.8 Å². The van der Waals surface area contributed by atoms with Gasteiger partial charge in [-0.25, -0.2) is 13.2 Å². The first-order valence-electron chi connectivity index (χ1n) is 9.95. The number of benzene rings is 2. The van der Waals surface area contributed by atoms with E-state index in [2.05, 4.69) is 0 Å². The Balaban J connectivity index is 1.39. The molecule has 1 aliphatic heterocycles. The van der Waals surface area contributed by atoms with Gasteiger partial charge in [-0.2, -0.15) is 4.31 Å². The summed E-state index contributed by atoms with van der Waals surface area (Å²) in [6, 6.07) is 12.7. The monoisotopic (exact) mass is 476 g/mol. The highest BCUT2D eigenvalue weighted by Gasteiger charge is 2.30. The number of sulfonamides is 1. The highest BCUT2D eigenvalue weighted by atomic mass is 35.5. The highest BCUT2D eigenvalue weighted by molar-refractivity contribution is 7.89. The molecule has 1 amide bonds. The molecule has 1 saturated heterocycles. The summed E-state index contributed by atoms with van der Waals surface area (Å²) >= 11 is 6.27. The van der Waals surface area contributed by atoms with E-state index in [0.717, 1.165) is 5.56 Å². The van der Waals surface area contributed by atoms with Crippen LogP contribution in [0.5, 0.6) is 5.75 Å². The van der Waals surface area contributed by atoms with Gasteiger partial charge in [-0.15, -0.1) is 0 Å². The number of aryl methyl sites for hydroxylation is 1. The topological polar surface area (TPSA) is 97.1 Å². The number of fused-ring (bicyclic) bond motifs is 1. The van der Waals surface area contributed by atoms with Crippen LogP contribution in [0.15, 0.2) is 62.6 Å². The maximum Gasteiger partial charge on any atom is 0.336 e. The summed E-state index contributed by atoms with van der Waals surface area (Å²) < 4.78 is 37.6. The van der Waals surface area contributed by atoms with Gasteiger partial charge in [0.25, 0.3) is 5.91 Å². The van der Waals surface area contributed by atoms with Crippen molar-refractivity contribution < 1.29 is 22.4 Å². The Bertz CT molecular complexity index is 1320. The van der Waals surface area contributed by atoms with Crippen molar-refractivity contribution in [3.63, 3.8) is 0 Å². The fourth-order valence-corrected chi connectivity index (χ4v) is 5.24. The number of hydrogen-bond donors (Lipinski definition) is 0. The first kappa shape index (κ1) is 22.3. The summed E-state index contributed by atoms with van der Waals surface area (Å²) in [7, 11) is -3.59. The van der Waals surface area contributed by atoms with Gasteiger partial charge in [0.2, 0.25) is 10.0 Å². The summed E-state index contributed by atoms with van der Waals surface area (Å²) in [5.74, 6) is -0.0600. The highest BCUT2D eigenvalue weighted by Crippen LogP contribution is 2.31. The molecule has 1 aromatic heterocycles. The zero-order valence-electron chi connectivity index (χ0n) is 17.3.